The van der Waals surface area contributed by atoms with Gasteiger partial charge >= 0.3 is 0 Å². The lowest BCUT2D eigenvalue weighted by Gasteiger charge is -2.62. The second-order valence-corrected chi connectivity index (χ2v) is 14.2. The van der Waals surface area contributed by atoms with Gasteiger partial charge in [-0.05, 0) is 93.5 Å². The van der Waals surface area contributed by atoms with Gasteiger partial charge < -0.3 is 20.0 Å². The van der Waals surface area contributed by atoms with Crippen molar-refractivity contribution in [2.75, 3.05) is 66.5 Å². The van der Waals surface area contributed by atoms with Crippen molar-refractivity contribution in [2.45, 2.75) is 83.1 Å². The molecule has 2 saturated heterocycles. The maximum absolute atomic E-state index is 11.7. The highest BCUT2D eigenvalue weighted by Crippen LogP contribution is 2.66. The molecule has 0 spiro atoms. The summed E-state index contributed by atoms with van der Waals surface area (Å²) in [6.07, 6.45) is 8.13. The van der Waals surface area contributed by atoms with Crippen LogP contribution in [0.2, 0.25) is 0 Å². The molecule has 6 heteroatoms. The molecule has 0 radical (unpaired) electrons. The summed E-state index contributed by atoms with van der Waals surface area (Å²) in [7, 11) is 4.45. The van der Waals surface area contributed by atoms with Crippen molar-refractivity contribution < 1.29 is 10.2 Å². The van der Waals surface area contributed by atoms with Gasteiger partial charge in [-0.1, -0.05) is 13.8 Å². The fourth-order valence-electron chi connectivity index (χ4n) is 10.3. The monoisotopic (exact) mass is 488 g/mol. The summed E-state index contributed by atoms with van der Waals surface area (Å²) >= 11 is 0. The van der Waals surface area contributed by atoms with Gasteiger partial charge in [0, 0.05) is 64.4 Å². The van der Waals surface area contributed by atoms with Crippen LogP contribution in [0.5, 0.6) is 0 Å². The molecule has 6 aliphatic rings. The van der Waals surface area contributed by atoms with Crippen LogP contribution in [0.3, 0.4) is 0 Å². The third-order valence-electron chi connectivity index (χ3n) is 12.7. The van der Waals surface area contributed by atoms with Gasteiger partial charge in [-0.15, -0.1) is 0 Å². The van der Waals surface area contributed by atoms with E-state index in [4.69, 9.17) is 0 Å². The fourth-order valence-corrected chi connectivity index (χ4v) is 10.3. The first-order valence-corrected chi connectivity index (χ1v) is 14.9. The van der Waals surface area contributed by atoms with Crippen LogP contribution < -0.4 is 0 Å². The number of hydrogen-bond acceptors (Lipinski definition) is 6. The summed E-state index contributed by atoms with van der Waals surface area (Å²) < 4.78 is 0. The molecule has 0 amide bonds. The minimum atomic E-state index is -0.173. The fraction of sp³-hybridized carbons (Fsp3) is 1.00. The van der Waals surface area contributed by atoms with Gasteiger partial charge in [0.25, 0.3) is 0 Å². The van der Waals surface area contributed by atoms with Crippen molar-refractivity contribution in [1.82, 2.24) is 19.6 Å². The van der Waals surface area contributed by atoms with Crippen LogP contribution in [0.25, 0.3) is 0 Å². The molecule has 0 aromatic carbocycles. The molecule has 4 saturated carbocycles. The molecule has 35 heavy (non-hydrogen) atoms. The molecule has 0 aromatic rings. The standard InChI is InChI=1S/C29H52N4O2/c1-28-8-7-22-21(23(28)18-24(27(28)35)32-13-9-30(3)10-14-32)6-5-20-17-26(34)25(19-29(20,22)2)33-15-11-31(4)12-16-33/h20-27,34-35H,5-19H2,1-4H3. The van der Waals surface area contributed by atoms with E-state index in [1.165, 1.54) is 38.5 Å². The van der Waals surface area contributed by atoms with Gasteiger partial charge in [0.1, 0.15) is 0 Å². The molecular formula is C29H52N4O2. The van der Waals surface area contributed by atoms with E-state index >= 15 is 0 Å². The lowest BCUT2D eigenvalue weighted by Crippen LogP contribution is -2.61. The van der Waals surface area contributed by atoms with Gasteiger partial charge in [0.15, 0.2) is 0 Å². The van der Waals surface area contributed by atoms with E-state index in [-0.39, 0.29) is 17.6 Å². The number of nitrogens with zero attached hydrogens (tertiary/aromatic N) is 4. The van der Waals surface area contributed by atoms with E-state index in [0.29, 0.717) is 29.3 Å². The van der Waals surface area contributed by atoms with Crippen LogP contribution in [-0.2, 0) is 0 Å². The Kier molecular flexibility index (Phi) is 6.59. The van der Waals surface area contributed by atoms with E-state index in [1.54, 1.807) is 0 Å². The maximum Gasteiger partial charge on any atom is 0.0751 e. The van der Waals surface area contributed by atoms with Crippen LogP contribution in [0, 0.1) is 34.5 Å². The molecule has 6 rings (SSSR count). The van der Waals surface area contributed by atoms with Gasteiger partial charge in [0.2, 0.25) is 0 Å². The van der Waals surface area contributed by atoms with E-state index < -0.39 is 0 Å². The quantitative estimate of drug-likeness (QED) is 0.622. The number of rotatable bonds is 2. The molecule has 200 valence electrons. The minimum Gasteiger partial charge on any atom is -0.391 e. The van der Waals surface area contributed by atoms with Crippen molar-refractivity contribution in [3.05, 3.63) is 0 Å². The molecule has 2 aliphatic heterocycles. The number of aliphatic hydroxyl groups is 2. The third-order valence-corrected chi connectivity index (χ3v) is 12.7. The molecule has 10 unspecified atom stereocenters. The smallest absolute Gasteiger partial charge is 0.0751 e. The highest BCUT2D eigenvalue weighted by molar-refractivity contribution is 5.14. The van der Waals surface area contributed by atoms with E-state index in [2.05, 4.69) is 47.5 Å². The summed E-state index contributed by atoms with van der Waals surface area (Å²) in [4.78, 5) is 10.1. The zero-order valence-electron chi connectivity index (χ0n) is 22.9. The Hall–Kier alpha value is -0.240. The molecule has 0 bridgehead atoms. The maximum atomic E-state index is 11.7. The average molecular weight is 489 g/mol. The zero-order chi connectivity index (χ0) is 24.5. The molecular weight excluding hydrogens is 436 g/mol. The lowest BCUT2D eigenvalue weighted by atomic mass is 9.44. The van der Waals surface area contributed by atoms with Crippen molar-refractivity contribution in [1.29, 1.82) is 0 Å². The first kappa shape index (κ1) is 25.1. The summed E-state index contributed by atoms with van der Waals surface area (Å²) in [6.45, 7) is 14.0. The Bertz CT molecular complexity index is 766. The van der Waals surface area contributed by atoms with Crippen LogP contribution >= 0.6 is 0 Å². The van der Waals surface area contributed by atoms with E-state index in [0.717, 1.165) is 70.6 Å². The average Bonchev–Trinajstić information content (AvgIpc) is 3.11. The van der Waals surface area contributed by atoms with Gasteiger partial charge in [-0.2, -0.15) is 0 Å². The number of hydrogen-bond donors (Lipinski definition) is 2. The third kappa shape index (κ3) is 4.04. The van der Waals surface area contributed by atoms with Gasteiger partial charge in [-0.3, -0.25) is 9.80 Å². The Morgan fingerprint density at radius 1 is 0.657 bits per heavy atom. The number of aliphatic hydroxyl groups excluding tert-OH is 2. The first-order chi connectivity index (χ1) is 16.7. The molecule has 4 aliphatic carbocycles. The minimum absolute atomic E-state index is 0.0867. The molecule has 2 heterocycles. The molecule has 6 fully saturated rings. The first-order valence-electron chi connectivity index (χ1n) is 14.9. The Morgan fingerprint density at radius 3 is 1.89 bits per heavy atom. The van der Waals surface area contributed by atoms with Crippen LogP contribution in [0.4, 0.5) is 0 Å². The molecule has 10 atom stereocenters. The Labute approximate surface area is 214 Å². The van der Waals surface area contributed by atoms with Crippen LogP contribution in [0.15, 0.2) is 0 Å². The summed E-state index contributed by atoms with van der Waals surface area (Å²) in [5.74, 6) is 2.85. The van der Waals surface area contributed by atoms with Crippen molar-refractivity contribution in [2.24, 2.45) is 34.5 Å². The van der Waals surface area contributed by atoms with E-state index in [1.807, 2.05) is 0 Å². The normalized spacial score (nSPS) is 52.6. The summed E-state index contributed by atoms with van der Waals surface area (Å²) in [6, 6.07) is 0.693. The molecule has 0 aromatic heterocycles. The van der Waals surface area contributed by atoms with Gasteiger partial charge in [0.05, 0.1) is 12.2 Å². The predicted octanol–water partition coefficient (Wildman–Crippen LogP) is 2.20. The van der Waals surface area contributed by atoms with Crippen molar-refractivity contribution in [3.8, 4) is 0 Å². The predicted molar refractivity (Wildman–Crippen MR) is 140 cm³/mol. The Morgan fingerprint density at radius 2 is 1.26 bits per heavy atom. The number of likely N-dealkylation sites (N-methyl/N-ethyl adjacent to an activating group) is 2. The highest BCUT2D eigenvalue weighted by Gasteiger charge is 2.63. The largest absolute Gasteiger partial charge is 0.391 e. The lowest BCUT2D eigenvalue weighted by molar-refractivity contribution is -0.155. The number of fused-ring (bicyclic) bond motifs is 5. The summed E-state index contributed by atoms with van der Waals surface area (Å²) in [5, 5.41) is 23.0. The van der Waals surface area contributed by atoms with Gasteiger partial charge in [-0.25, -0.2) is 0 Å². The Balaban J connectivity index is 1.21. The molecule has 6 nitrogen and oxygen atoms in total. The van der Waals surface area contributed by atoms with Crippen molar-refractivity contribution in [3.63, 3.8) is 0 Å². The zero-order valence-corrected chi connectivity index (χ0v) is 22.9. The highest BCUT2D eigenvalue weighted by atomic mass is 16.3. The topological polar surface area (TPSA) is 53.4 Å². The summed E-state index contributed by atoms with van der Waals surface area (Å²) in [5.41, 5.74) is 0.428. The van der Waals surface area contributed by atoms with E-state index in [9.17, 15) is 10.2 Å². The van der Waals surface area contributed by atoms with Crippen LogP contribution in [0.1, 0.15) is 58.8 Å². The second-order valence-electron chi connectivity index (χ2n) is 14.2. The number of piperazine rings is 2. The van der Waals surface area contributed by atoms with Crippen LogP contribution in [-0.4, -0.2) is 121 Å². The van der Waals surface area contributed by atoms with Crippen molar-refractivity contribution >= 4 is 0 Å². The SMILES string of the molecule is CN1CCN(C2CC3(C)C(CCC4C3CCC3(C)C(O)C(N5CCN(C)CC5)CC43)CC2O)CC1. The second kappa shape index (κ2) is 9.20. The molecule has 2 N–H and O–H groups in total.